The van der Waals surface area contributed by atoms with Crippen molar-refractivity contribution in [3.8, 4) is 0 Å². The van der Waals surface area contributed by atoms with Gasteiger partial charge in [0, 0.05) is 143 Å². The third kappa shape index (κ3) is 43.9. The highest BCUT2D eigenvalue weighted by atomic mass is 31.2. The first-order chi connectivity index (χ1) is 55.4. The average molecular weight is 1690 g/mol. The molecular formula is C78H139N6O31P. The van der Waals surface area contributed by atoms with E-state index >= 15 is 0 Å². The molecule has 3 aliphatic heterocycles. The van der Waals surface area contributed by atoms with Gasteiger partial charge in [0.25, 0.3) is 0 Å². The van der Waals surface area contributed by atoms with Gasteiger partial charge in [-0.3, -0.25) is 52.5 Å². The lowest BCUT2D eigenvalue weighted by atomic mass is 9.92. The summed E-state index contributed by atoms with van der Waals surface area (Å²) < 4.78 is 69.7. The first-order valence-corrected chi connectivity index (χ1v) is 43.2. The fourth-order valence-corrected chi connectivity index (χ4v) is 13.6. The van der Waals surface area contributed by atoms with Crippen LogP contribution in [-0.2, 0) is 99.7 Å². The van der Waals surface area contributed by atoms with Gasteiger partial charge in [0.1, 0.15) is 89.6 Å². The molecule has 17 atom stereocenters. The number of ketones is 4. The maximum Gasteiger partial charge on any atom is 0.330 e. The van der Waals surface area contributed by atoms with Crippen LogP contribution < -0.4 is 31.9 Å². The van der Waals surface area contributed by atoms with E-state index in [9.17, 15) is 103 Å². The third-order valence-electron chi connectivity index (χ3n) is 20.0. The summed E-state index contributed by atoms with van der Waals surface area (Å²) in [5, 5.41) is 107. The summed E-state index contributed by atoms with van der Waals surface area (Å²) in [5.41, 5.74) is -1.92. The van der Waals surface area contributed by atoms with Crippen LogP contribution in [0.3, 0.4) is 0 Å². The number of aliphatic hydroxyl groups is 9. The zero-order valence-electron chi connectivity index (χ0n) is 68.8. The van der Waals surface area contributed by atoms with E-state index in [1.807, 2.05) is 0 Å². The molecule has 0 saturated carbocycles. The number of unbranched alkanes of at least 4 members (excludes halogenated alkanes) is 9. The molecule has 37 nitrogen and oxygen atoms in total. The summed E-state index contributed by atoms with van der Waals surface area (Å²) in [4.78, 5) is 138. The number of carbonyl (C=O) groups excluding carboxylic acids is 10. The summed E-state index contributed by atoms with van der Waals surface area (Å²) in [5.74, 6) is -3.01. The normalized spacial score (nSPS) is 24.5. The number of aliphatic hydroxyl groups excluding tert-OH is 9. The molecule has 0 bridgehead atoms. The van der Waals surface area contributed by atoms with Crippen LogP contribution in [0.25, 0.3) is 0 Å². The predicted molar refractivity (Wildman–Crippen MR) is 417 cm³/mol. The van der Waals surface area contributed by atoms with E-state index in [2.05, 4.69) is 31.9 Å². The molecule has 3 fully saturated rings. The number of hydrogen-bond acceptors (Lipinski definition) is 30. The first kappa shape index (κ1) is 105. The standard InChI is InChI=1S/C78H139N6O31P/c1-52(2)116(104,105)112-43-16-7-6-15-36-79-64(95)32-22-33-66(97)84-78(50-107-44-34-59(93)25-10-8-9-24-56(90)27-12-18-40-109-75-53(3)69(98)70(99)60(46-85)113-75,49-106-39-17-11-26-57(91)29-21-30-58(92)28-13-19-41-110-76-67(82-54(4)88)73(102)71(100)61(47-86)114-76)51-108-45-35-65(96)81-38-23-37-80-63(94)31-14-20-42-111-77-68(83-55(5)89)74(103)72(101)62(48-87)115-77/h52-53,60-62,67-77,85-87,98-103H,6-51H2,1-5H3,(H,79,95)(H,80,94)(H,81,96)(H,82,88)(H,83,89)(H,84,97)(H,104,105)/t53?,60?,61?,62?,67?,68?,69-,70+,71+,72+,73-,74-,75-,76-,77-,78?/m1/s1. The largest absolute Gasteiger partial charge is 0.394 e. The Hall–Kier alpha value is -5.07. The molecule has 3 rings (SSSR count). The number of hydrogen-bond donors (Lipinski definition) is 16. The number of amides is 6. The van der Waals surface area contributed by atoms with Crippen LogP contribution in [0.1, 0.15) is 227 Å². The molecule has 3 heterocycles. The maximum absolute atomic E-state index is 14.0. The van der Waals surface area contributed by atoms with Gasteiger partial charge >= 0.3 is 7.60 Å². The number of carbonyl (C=O) groups is 10. The summed E-state index contributed by atoms with van der Waals surface area (Å²) in [7, 11) is -3.66. The van der Waals surface area contributed by atoms with Gasteiger partial charge in [-0.15, -0.1) is 0 Å². The molecule has 0 aromatic heterocycles. The van der Waals surface area contributed by atoms with Crippen molar-refractivity contribution in [3.63, 3.8) is 0 Å². The van der Waals surface area contributed by atoms with Crippen LogP contribution in [-0.4, -0.2) is 312 Å². The topological polar surface area (TPSA) is 555 Å². The Balaban J connectivity index is 1.58. The van der Waals surface area contributed by atoms with E-state index < -0.39 is 148 Å². The van der Waals surface area contributed by atoms with Crippen LogP contribution in [0.4, 0.5) is 0 Å². The zero-order chi connectivity index (χ0) is 85.9. The molecule has 0 radical (unpaired) electrons. The van der Waals surface area contributed by atoms with E-state index in [0.29, 0.717) is 116 Å². The van der Waals surface area contributed by atoms with Crippen LogP contribution in [0.5, 0.6) is 0 Å². The van der Waals surface area contributed by atoms with Crippen LogP contribution in [0, 0.1) is 5.92 Å². The molecule has 8 unspecified atom stereocenters. The van der Waals surface area contributed by atoms with Gasteiger partial charge in [0.2, 0.25) is 35.4 Å². The smallest absolute Gasteiger partial charge is 0.330 e. The van der Waals surface area contributed by atoms with E-state index in [0.717, 1.165) is 12.8 Å². The fourth-order valence-electron chi connectivity index (χ4n) is 12.9. The third-order valence-corrected chi connectivity index (χ3v) is 21.9. The Bertz CT molecular complexity index is 2890. The molecule has 0 aromatic rings. The highest BCUT2D eigenvalue weighted by Gasteiger charge is 2.47. The second-order valence-electron chi connectivity index (χ2n) is 30.6. The highest BCUT2D eigenvalue weighted by molar-refractivity contribution is 7.53. The highest BCUT2D eigenvalue weighted by Crippen LogP contribution is 2.47. The summed E-state index contributed by atoms with van der Waals surface area (Å²) in [6.07, 6.45) is -4.00. The lowest BCUT2D eigenvalue weighted by molar-refractivity contribution is -0.282. The van der Waals surface area contributed by atoms with Gasteiger partial charge in [0.05, 0.1) is 71.2 Å². The minimum Gasteiger partial charge on any atom is -0.394 e. The van der Waals surface area contributed by atoms with Crippen molar-refractivity contribution < 1.29 is 151 Å². The molecule has 0 aliphatic carbocycles. The average Bonchev–Trinajstić information content (AvgIpc) is 0.826. The van der Waals surface area contributed by atoms with Crippen molar-refractivity contribution >= 4 is 66.2 Å². The van der Waals surface area contributed by atoms with Gasteiger partial charge in [-0.25, -0.2) is 0 Å². The Morgan fingerprint density at radius 1 is 0.379 bits per heavy atom. The minimum absolute atomic E-state index is 0.0192. The van der Waals surface area contributed by atoms with Crippen molar-refractivity contribution in [3.05, 3.63) is 0 Å². The second kappa shape index (κ2) is 60.4. The molecule has 0 aromatic carbocycles. The number of ether oxygens (including phenoxy) is 9. The molecule has 38 heteroatoms. The van der Waals surface area contributed by atoms with E-state index in [1.54, 1.807) is 20.8 Å². The van der Waals surface area contributed by atoms with Crippen molar-refractivity contribution in [1.82, 2.24) is 31.9 Å². The molecule has 16 N–H and O–H groups in total. The van der Waals surface area contributed by atoms with Crippen LogP contribution >= 0.6 is 7.60 Å². The second-order valence-corrected chi connectivity index (χ2v) is 33.0. The molecule has 0 spiro atoms. The van der Waals surface area contributed by atoms with Gasteiger partial charge in [-0.1, -0.05) is 40.0 Å². The van der Waals surface area contributed by atoms with Gasteiger partial charge in [0.15, 0.2) is 18.9 Å². The van der Waals surface area contributed by atoms with E-state index in [-0.39, 0.29) is 191 Å². The molecule has 3 aliphatic rings. The predicted octanol–water partition coefficient (Wildman–Crippen LogP) is 0.842. The lowest BCUT2D eigenvalue weighted by Gasteiger charge is -2.42. The summed E-state index contributed by atoms with van der Waals surface area (Å²) in [6, 6.07) is -2.19. The zero-order valence-corrected chi connectivity index (χ0v) is 69.7. The van der Waals surface area contributed by atoms with Crippen molar-refractivity contribution in [2.45, 2.75) is 324 Å². The first-order valence-electron chi connectivity index (χ1n) is 41.5. The summed E-state index contributed by atoms with van der Waals surface area (Å²) >= 11 is 0. The molecule has 116 heavy (non-hydrogen) atoms. The van der Waals surface area contributed by atoms with Crippen molar-refractivity contribution in [1.29, 1.82) is 0 Å². The minimum atomic E-state index is -3.66. The van der Waals surface area contributed by atoms with Crippen molar-refractivity contribution in [2.24, 2.45) is 5.92 Å². The van der Waals surface area contributed by atoms with E-state index in [1.165, 1.54) is 13.8 Å². The van der Waals surface area contributed by atoms with E-state index in [4.69, 9.17) is 47.2 Å². The van der Waals surface area contributed by atoms with Gasteiger partial charge in [-0.05, 0) is 96.3 Å². The molecule has 6 amide bonds. The van der Waals surface area contributed by atoms with Crippen molar-refractivity contribution in [2.75, 3.05) is 106 Å². The Morgan fingerprint density at radius 2 is 0.716 bits per heavy atom. The Morgan fingerprint density at radius 3 is 1.18 bits per heavy atom. The molecular weight excluding hydrogens is 1550 g/mol. The SMILES string of the molecule is CC(=O)NC1[C@H](OCCCCC(=O)CCCC(=O)CCCCOCC(COCCC(=O)CCCCCC(=O)CCCCO[C@@H]2OC(CO)[C@H](O)[C@H](O)C2C)(COCCC(=O)NCCCNC(=O)CCCCO[C@@H]2OC(CO)[C@H](O)[C@H](O)C2NC(C)=O)NC(=O)CCCC(=O)NCCCCCCOP(=O)(O)C(C)C)OC(CO)[C@H](O)[C@@H]1O. The number of Topliss-reactive ketones (excluding diaryl/α,β-unsaturated/α-hetero) is 4. The Kier molecular flexibility index (Phi) is 54.8. The van der Waals surface area contributed by atoms with Crippen LogP contribution in [0.15, 0.2) is 0 Å². The quantitative estimate of drug-likeness (QED) is 0.0296. The number of rotatable bonds is 68. The number of nitrogens with one attached hydrogen (secondary N) is 6. The van der Waals surface area contributed by atoms with Gasteiger partial charge in [-0.2, -0.15) is 0 Å². The van der Waals surface area contributed by atoms with Crippen LogP contribution in [0.2, 0.25) is 0 Å². The molecule has 672 valence electrons. The summed E-state index contributed by atoms with van der Waals surface area (Å²) in [6.45, 7) is 6.39. The Labute approximate surface area is 681 Å². The van der Waals surface area contributed by atoms with Gasteiger partial charge < -0.3 is 130 Å². The fraction of sp³-hybridized carbons (Fsp3) is 0.872. The monoisotopic (exact) mass is 1690 g/mol. The lowest BCUT2D eigenvalue weighted by Crippen LogP contribution is -2.64. The molecule has 3 saturated heterocycles. The maximum atomic E-state index is 14.0.